The number of rotatable bonds is 6. The molecule has 0 saturated heterocycles. The minimum atomic E-state index is -0.439. The fourth-order valence-electron chi connectivity index (χ4n) is 2.68. The molecule has 140 valence electrons. The summed E-state index contributed by atoms with van der Waals surface area (Å²) in [5, 5.41) is 1.28. The number of benzene rings is 2. The molecule has 0 aliphatic carbocycles. The number of esters is 1. The smallest absolute Gasteiger partial charge is 0.340 e. The summed E-state index contributed by atoms with van der Waals surface area (Å²) in [5.41, 5.74) is 2.44. The fourth-order valence-corrected chi connectivity index (χ4v) is 2.81. The van der Waals surface area contributed by atoms with Gasteiger partial charge in [-0.15, -0.1) is 0 Å². The van der Waals surface area contributed by atoms with Crippen LogP contribution >= 0.6 is 11.6 Å². The van der Waals surface area contributed by atoms with Gasteiger partial charge in [0.2, 0.25) is 0 Å². The van der Waals surface area contributed by atoms with E-state index in [1.807, 2.05) is 37.2 Å². The van der Waals surface area contributed by atoms with E-state index in [9.17, 15) is 9.18 Å². The van der Waals surface area contributed by atoms with Crippen molar-refractivity contribution in [3.8, 4) is 0 Å². The maximum absolute atomic E-state index is 13.6. The lowest BCUT2D eigenvalue weighted by molar-refractivity contribution is 0.0484. The molecule has 0 aliphatic rings. The van der Waals surface area contributed by atoms with E-state index in [-0.39, 0.29) is 12.4 Å². The normalized spacial score (nSPS) is 11.6. The van der Waals surface area contributed by atoms with Crippen molar-refractivity contribution in [1.82, 2.24) is 9.88 Å². The van der Waals surface area contributed by atoms with E-state index >= 15 is 0 Å². The van der Waals surface area contributed by atoms with Crippen LogP contribution in [-0.4, -0.2) is 43.1 Å². The summed E-state index contributed by atoms with van der Waals surface area (Å²) in [5.74, 6) is -0.810. The molecule has 6 heteroatoms. The predicted molar refractivity (Wildman–Crippen MR) is 107 cm³/mol. The van der Waals surface area contributed by atoms with E-state index in [1.54, 1.807) is 24.3 Å². The summed E-state index contributed by atoms with van der Waals surface area (Å²) < 4.78 is 19.0. The Balaban J connectivity index is 1.95. The van der Waals surface area contributed by atoms with Crippen LogP contribution in [0, 0.1) is 5.82 Å². The molecule has 2 aromatic carbocycles. The lowest BCUT2D eigenvalue weighted by Crippen LogP contribution is -2.20. The van der Waals surface area contributed by atoms with Crippen LogP contribution in [0.4, 0.5) is 4.39 Å². The van der Waals surface area contributed by atoms with E-state index in [1.165, 1.54) is 12.1 Å². The molecule has 0 bridgehead atoms. The Morgan fingerprint density at radius 2 is 1.93 bits per heavy atom. The molecule has 0 spiro atoms. The van der Waals surface area contributed by atoms with Crippen LogP contribution in [0.3, 0.4) is 0 Å². The maximum Gasteiger partial charge on any atom is 0.340 e. The molecule has 27 heavy (non-hydrogen) atoms. The number of halogens is 2. The van der Waals surface area contributed by atoms with Crippen molar-refractivity contribution in [3.05, 3.63) is 70.1 Å². The number of fused-ring (bicyclic) bond motifs is 1. The third-order valence-electron chi connectivity index (χ3n) is 4.08. The van der Waals surface area contributed by atoms with Crippen LogP contribution in [0.2, 0.25) is 5.02 Å². The zero-order chi connectivity index (χ0) is 19.4. The Bertz CT molecular complexity index is 978. The molecule has 1 heterocycles. The summed E-state index contributed by atoms with van der Waals surface area (Å²) in [4.78, 5) is 17.7. The number of carbonyl (C=O) groups excluding carboxylic acids is 1. The van der Waals surface area contributed by atoms with Gasteiger partial charge in [-0.25, -0.2) is 9.18 Å². The summed E-state index contributed by atoms with van der Waals surface area (Å²) in [6, 6.07) is 11.6. The lowest BCUT2D eigenvalue weighted by atomic mass is 10.1. The number of likely N-dealkylation sites (N-methyl/N-ethyl adjacent to an activating group) is 1. The molecular weight excluding hydrogens is 367 g/mol. The zero-order valence-electron chi connectivity index (χ0n) is 15.1. The Hall–Kier alpha value is -2.63. The van der Waals surface area contributed by atoms with E-state index in [4.69, 9.17) is 16.3 Å². The summed E-state index contributed by atoms with van der Waals surface area (Å²) in [7, 11) is 3.81. The predicted octanol–water partition coefficient (Wildman–Crippen LogP) is 4.85. The molecule has 0 fully saturated rings. The Kier molecular flexibility index (Phi) is 5.94. The van der Waals surface area contributed by atoms with E-state index < -0.39 is 5.97 Å². The standard InChI is InChI=1S/C21H20ClFN2O2/c1-25(2)11-12-27-21(26)20-17-9-8-16(23)13-19(17)24-18(20)10-5-14-3-6-15(22)7-4-14/h3-10,13,24H,11-12H2,1-2H3/b10-5+. The van der Waals surface area contributed by atoms with E-state index in [2.05, 4.69) is 4.98 Å². The van der Waals surface area contributed by atoms with Gasteiger partial charge in [-0.2, -0.15) is 0 Å². The maximum atomic E-state index is 13.6. The first-order chi connectivity index (χ1) is 12.9. The van der Waals surface area contributed by atoms with Gasteiger partial charge in [-0.3, -0.25) is 0 Å². The molecule has 0 saturated carbocycles. The monoisotopic (exact) mass is 386 g/mol. The van der Waals surface area contributed by atoms with E-state index in [0.717, 1.165) is 5.56 Å². The molecule has 0 atom stereocenters. The van der Waals surface area contributed by atoms with Crippen LogP contribution in [-0.2, 0) is 4.74 Å². The van der Waals surface area contributed by atoms with Gasteiger partial charge >= 0.3 is 5.97 Å². The van der Waals surface area contributed by atoms with Crippen molar-refractivity contribution in [1.29, 1.82) is 0 Å². The topological polar surface area (TPSA) is 45.3 Å². The number of hydrogen-bond acceptors (Lipinski definition) is 3. The van der Waals surface area contributed by atoms with Gasteiger partial charge in [0.15, 0.2) is 0 Å². The lowest BCUT2D eigenvalue weighted by Gasteiger charge is -2.10. The van der Waals surface area contributed by atoms with Gasteiger partial charge < -0.3 is 14.6 Å². The Morgan fingerprint density at radius 1 is 1.19 bits per heavy atom. The molecular formula is C21H20ClFN2O2. The molecule has 1 N–H and O–H groups in total. The second-order valence-electron chi connectivity index (χ2n) is 6.43. The van der Waals surface area contributed by atoms with Gasteiger partial charge in [0, 0.05) is 22.5 Å². The summed E-state index contributed by atoms with van der Waals surface area (Å²) in [6.45, 7) is 0.901. The number of H-pyrrole nitrogens is 1. The molecule has 0 radical (unpaired) electrons. The largest absolute Gasteiger partial charge is 0.461 e. The average molecular weight is 387 g/mol. The van der Waals surface area contributed by atoms with Crippen molar-refractivity contribution in [2.24, 2.45) is 0 Å². The first-order valence-electron chi connectivity index (χ1n) is 8.51. The first kappa shape index (κ1) is 19.1. The summed E-state index contributed by atoms with van der Waals surface area (Å²) in [6.07, 6.45) is 3.64. The van der Waals surface area contributed by atoms with Crippen molar-refractivity contribution < 1.29 is 13.9 Å². The fraction of sp³-hybridized carbons (Fsp3) is 0.190. The van der Waals surface area contributed by atoms with Crippen molar-refractivity contribution in [2.45, 2.75) is 0 Å². The van der Waals surface area contributed by atoms with Crippen LogP contribution < -0.4 is 0 Å². The minimum absolute atomic E-state index is 0.278. The van der Waals surface area contributed by atoms with Crippen molar-refractivity contribution in [3.63, 3.8) is 0 Å². The average Bonchev–Trinajstić information content (AvgIpc) is 2.98. The highest BCUT2D eigenvalue weighted by Gasteiger charge is 2.19. The van der Waals surface area contributed by atoms with Crippen LogP contribution in [0.1, 0.15) is 21.6 Å². The number of aromatic nitrogens is 1. The second kappa shape index (κ2) is 8.37. The third kappa shape index (κ3) is 4.76. The second-order valence-corrected chi connectivity index (χ2v) is 6.86. The molecule has 0 amide bonds. The van der Waals surface area contributed by atoms with E-state index in [0.29, 0.717) is 33.7 Å². The molecule has 3 aromatic rings. The quantitative estimate of drug-likeness (QED) is 0.616. The SMILES string of the molecule is CN(C)CCOC(=O)c1c(/C=C/c2ccc(Cl)cc2)[nH]c2cc(F)ccc12. The van der Waals surface area contributed by atoms with Gasteiger partial charge in [0.25, 0.3) is 0 Å². The van der Waals surface area contributed by atoms with Crippen LogP contribution in [0.25, 0.3) is 23.1 Å². The molecule has 1 aromatic heterocycles. The number of hydrogen-bond donors (Lipinski definition) is 1. The molecule has 4 nitrogen and oxygen atoms in total. The number of ether oxygens (including phenoxy) is 1. The van der Waals surface area contributed by atoms with Gasteiger partial charge in [0.1, 0.15) is 12.4 Å². The van der Waals surface area contributed by atoms with Crippen molar-refractivity contribution >= 4 is 40.6 Å². The zero-order valence-corrected chi connectivity index (χ0v) is 15.9. The van der Waals surface area contributed by atoms with Crippen LogP contribution in [0.5, 0.6) is 0 Å². The molecule has 0 aliphatic heterocycles. The first-order valence-corrected chi connectivity index (χ1v) is 8.88. The minimum Gasteiger partial charge on any atom is -0.461 e. The van der Waals surface area contributed by atoms with Gasteiger partial charge in [0.05, 0.1) is 11.3 Å². The summed E-state index contributed by atoms with van der Waals surface area (Å²) >= 11 is 5.90. The number of nitrogens with zero attached hydrogens (tertiary/aromatic N) is 1. The third-order valence-corrected chi connectivity index (χ3v) is 4.33. The van der Waals surface area contributed by atoms with Gasteiger partial charge in [-0.05, 0) is 56.1 Å². The highest BCUT2D eigenvalue weighted by atomic mass is 35.5. The number of carbonyl (C=O) groups is 1. The Labute approximate surface area is 162 Å². The molecule has 0 unspecified atom stereocenters. The molecule has 3 rings (SSSR count). The number of aromatic amines is 1. The Morgan fingerprint density at radius 3 is 2.63 bits per heavy atom. The highest BCUT2D eigenvalue weighted by Crippen LogP contribution is 2.26. The number of nitrogens with one attached hydrogen (secondary N) is 1. The highest BCUT2D eigenvalue weighted by molar-refractivity contribution is 6.30. The van der Waals surface area contributed by atoms with Crippen molar-refractivity contribution in [2.75, 3.05) is 27.2 Å². The van der Waals surface area contributed by atoms with Crippen LogP contribution in [0.15, 0.2) is 42.5 Å². The van der Waals surface area contributed by atoms with Gasteiger partial charge in [-0.1, -0.05) is 29.8 Å².